The Bertz CT molecular complexity index is 1230. The average Bonchev–Trinajstić information content (AvgIpc) is 3.36. The van der Waals surface area contributed by atoms with Crippen LogP contribution in [0.3, 0.4) is 0 Å². The third kappa shape index (κ3) is 4.72. The first-order valence-corrected chi connectivity index (χ1v) is 10.6. The standard InChI is InChI=1S/C18H15N7O3S2/c26-14-9-11(20-16(28)21-14)8-13-23-24-18(25(13)12-4-2-1-3-5-12)30-10-15(27)22-17-19-6-7-29-17/h1-7,9H,8,10H2,(H,19,22,27)(H2,20,21,26,28). The van der Waals surface area contributed by atoms with Crippen LogP contribution in [0.4, 0.5) is 5.13 Å². The lowest BCUT2D eigenvalue weighted by molar-refractivity contribution is -0.113. The summed E-state index contributed by atoms with van der Waals surface area (Å²) in [5.74, 6) is 0.426. The highest BCUT2D eigenvalue weighted by atomic mass is 32.2. The van der Waals surface area contributed by atoms with Gasteiger partial charge in [0.2, 0.25) is 5.91 Å². The molecule has 0 aliphatic heterocycles. The number of nitrogens with zero attached hydrogens (tertiary/aromatic N) is 4. The number of para-hydroxylation sites is 1. The lowest BCUT2D eigenvalue weighted by Crippen LogP contribution is -2.23. The zero-order chi connectivity index (χ0) is 20.9. The molecule has 12 heteroatoms. The first kappa shape index (κ1) is 19.8. The maximum Gasteiger partial charge on any atom is 0.325 e. The number of aromatic nitrogens is 6. The first-order chi connectivity index (χ1) is 14.6. The van der Waals surface area contributed by atoms with Crippen molar-refractivity contribution in [2.75, 3.05) is 11.1 Å². The fourth-order valence-electron chi connectivity index (χ4n) is 2.70. The van der Waals surface area contributed by atoms with E-state index < -0.39 is 11.2 Å². The molecule has 0 spiro atoms. The predicted octanol–water partition coefficient (Wildman–Crippen LogP) is 1.42. The van der Waals surface area contributed by atoms with Crippen LogP contribution in [0.15, 0.2) is 62.7 Å². The summed E-state index contributed by atoms with van der Waals surface area (Å²) in [4.78, 5) is 44.1. The Morgan fingerprint density at radius 2 is 2.00 bits per heavy atom. The SMILES string of the molecule is O=C(CSc1nnc(Cc2cc(=O)[nH]c(=O)[nH]2)n1-c1ccccc1)Nc1nccs1. The lowest BCUT2D eigenvalue weighted by atomic mass is 10.2. The minimum Gasteiger partial charge on any atom is -0.311 e. The van der Waals surface area contributed by atoms with Gasteiger partial charge in [0.15, 0.2) is 10.3 Å². The van der Waals surface area contributed by atoms with Gasteiger partial charge in [0, 0.05) is 35.4 Å². The number of carbonyl (C=O) groups excluding carboxylic acids is 1. The Hall–Kier alpha value is -3.51. The Morgan fingerprint density at radius 1 is 1.17 bits per heavy atom. The second-order valence-electron chi connectivity index (χ2n) is 6.03. The molecule has 0 aliphatic carbocycles. The molecule has 0 bridgehead atoms. The van der Waals surface area contributed by atoms with E-state index in [0.29, 0.717) is 21.8 Å². The third-order valence-electron chi connectivity index (χ3n) is 3.89. The number of carbonyl (C=O) groups is 1. The molecule has 1 aromatic carbocycles. The van der Waals surface area contributed by atoms with Crippen molar-refractivity contribution < 1.29 is 4.79 Å². The Morgan fingerprint density at radius 3 is 2.73 bits per heavy atom. The Kier molecular flexibility index (Phi) is 5.86. The quantitative estimate of drug-likeness (QED) is 0.369. The molecule has 0 fully saturated rings. The fourth-order valence-corrected chi connectivity index (χ4v) is 4.02. The number of hydrogen-bond donors (Lipinski definition) is 3. The smallest absolute Gasteiger partial charge is 0.311 e. The Labute approximate surface area is 177 Å². The van der Waals surface area contributed by atoms with E-state index in [1.54, 1.807) is 16.1 Å². The number of rotatable bonds is 7. The second kappa shape index (κ2) is 8.88. The van der Waals surface area contributed by atoms with Crippen LogP contribution in [-0.2, 0) is 11.2 Å². The highest BCUT2D eigenvalue weighted by molar-refractivity contribution is 7.99. The van der Waals surface area contributed by atoms with Gasteiger partial charge in [-0.3, -0.25) is 19.1 Å². The number of anilines is 1. The summed E-state index contributed by atoms with van der Waals surface area (Å²) in [5.41, 5.74) is 0.128. The molecule has 3 aromatic heterocycles. The molecule has 4 aromatic rings. The lowest BCUT2D eigenvalue weighted by Gasteiger charge is -2.10. The number of benzene rings is 1. The van der Waals surface area contributed by atoms with E-state index >= 15 is 0 Å². The van der Waals surface area contributed by atoms with Gasteiger partial charge in [-0.1, -0.05) is 30.0 Å². The molecule has 30 heavy (non-hydrogen) atoms. The van der Waals surface area contributed by atoms with Crippen molar-refractivity contribution in [3.8, 4) is 5.69 Å². The summed E-state index contributed by atoms with van der Waals surface area (Å²) in [7, 11) is 0. The van der Waals surface area contributed by atoms with Crippen LogP contribution in [-0.4, -0.2) is 41.4 Å². The molecule has 4 rings (SSSR count). The molecule has 1 amide bonds. The zero-order valence-electron chi connectivity index (χ0n) is 15.4. The number of H-pyrrole nitrogens is 2. The number of aromatic amines is 2. The van der Waals surface area contributed by atoms with Crippen molar-refractivity contribution in [2.45, 2.75) is 11.6 Å². The molecule has 0 saturated heterocycles. The summed E-state index contributed by atoms with van der Waals surface area (Å²) in [5, 5.41) is 14.0. The molecule has 3 heterocycles. The third-order valence-corrected chi connectivity index (χ3v) is 5.51. The fraction of sp³-hybridized carbons (Fsp3) is 0.111. The van der Waals surface area contributed by atoms with Crippen LogP contribution in [0, 0.1) is 0 Å². The van der Waals surface area contributed by atoms with Gasteiger partial charge in [0.1, 0.15) is 5.82 Å². The van der Waals surface area contributed by atoms with E-state index in [0.717, 1.165) is 5.69 Å². The molecule has 0 aliphatic rings. The van der Waals surface area contributed by atoms with E-state index in [1.165, 1.54) is 29.2 Å². The van der Waals surface area contributed by atoms with Crippen LogP contribution in [0.5, 0.6) is 0 Å². The summed E-state index contributed by atoms with van der Waals surface area (Å²) in [6.07, 6.45) is 1.80. The average molecular weight is 441 g/mol. The van der Waals surface area contributed by atoms with Gasteiger partial charge < -0.3 is 10.3 Å². The van der Waals surface area contributed by atoms with Gasteiger partial charge in [-0.05, 0) is 12.1 Å². The van der Waals surface area contributed by atoms with Gasteiger partial charge in [-0.25, -0.2) is 9.78 Å². The van der Waals surface area contributed by atoms with Gasteiger partial charge in [-0.2, -0.15) is 0 Å². The van der Waals surface area contributed by atoms with Crippen molar-refractivity contribution in [3.63, 3.8) is 0 Å². The van der Waals surface area contributed by atoms with Crippen molar-refractivity contribution in [3.05, 3.63) is 80.3 Å². The number of amides is 1. The van der Waals surface area contributed by atoms with E-state index in [9.17, 15) is 14.4 Å². The van der Waals surface area contributed by atoms with E-state index in [2.05, 4.69) is 30.5 Å². The van der Waals surface area contributed by atoms with E-state index in [4.69, 9.17) is 0 Å². The molecule has 0 saturated carbocycles. The van der Waals surface area contributed by atoms with Crippen molar-refractivity contribution in [1.29, 1.82) is 0 Å². The van der Waals surface area contributed by atoms with Gasteiger partial charge in [-0.15, -0.1) is 21.5 Å². The molecule has 3 N–H and O–H groups in total. The molecule has 0 unspecified atom stereocenters. The molecular formula is C18H15N7O3S2. The van der Waals surface area contributed by atoms with Gasteiger partial charge in [0.25, 0.3) is 5.56 Å². The maximum atomic E-state index is 12.2. The van der Waals surface area contributed by atoms with Crippen LogP contribution in [0.25, 0.3) is 5.69 Å². The van der Waals surface area contributed by atoms with Crippen LogP contribution >= 0.6 is 23.1 Å². The minimum atomic E-state index is -0.586. The van der Waals surface area contributed by atoms with Crippen LogP contribution < -0.4 is 16.6 Å². The van der Waals surface area contributed by atoms with Crippen molar-refractivity contribution in [1.82, 2.24) is 29.7 Å². The molecular weight excluding hydrogens is 426 g/mol. The second-order valence-corrected chi connectivity index (χ2v) is 7.87. The number of thiazole rings is 1. The van der Waals surface area contributed by atoms with Gasteiger partial charge in [0.05, 0.1) is 5.75 Å². The van der Waals surface area contributed by atoms with Crippen LogP contribution in [0.2, 0.25) is 0 Å². The van der Waals surface area contributed by atoms with E-state index in [1.807, 2.05) is 30.3 Å². The molecule has 0 radical (unpaired) electrons. The van der Waals surface area contributed by atoms with Crippen molar-refractivity contribution >= 4 is 34.1 Å². The molecule has 152 valence electrons. The summed E-state index contributed by atoms with van der Waals surface area (Å²) >= 11 is 2.56. The zero-order valence-corrected chi connectivity index (χ0v) is 17.0. The van der Waals surface area contributed by atoms with E-state index in [-0.39, 0.29) is 18.1 Å². The predicted molar refractivity (Wildman–Crippen MR) is 113 cm³/mol. The highest BCUT2D eigenvalue weighted by Gasteiger charge is 2.17. The van der Waals surface area contributed by atoms with Gasteiger partial charge >= 0.3 is 5.69 Å². The summed E-state index contributed by atoms with van der Waals surface area (Å²) in [6.45, 7) is 0. The monoisotopic (exact) mass is 441 g/mol. The minimum absolute atomic E-state index is 0.117. The Balaban J connectivity index is 1.60. The largest absolute Gasteiger partial charge is 0.325 e. The summed E-state index contributed by atoms with van der Waals surface area (Å²) < 4.78 is 1.79. The normalized spacial score (nSPS) is 10.8. The topological polar surface area (TPSA) is 138 Å². The number of hydrogen-bond acceptors (Lipinski definition) is 8. The number of nitrogens with one attached hydrogen (secondary N) is 3. The number of thioether (sulfide) groups is 1. The maximum absolute atomic E-state index is 12.2. The van der Waals surface area contributed by atoms with Crippen molar-refractivity contribution in [2.24, 2.45) is 0 Å². The first-order valence-electron chi connectivity index (χ1n) is 8.73. The molecule has 0 atom stereocenters. The molecule has 10 nitrogen and oxygen atoms in total. The highest BCUT2D eigenvalue weighted by Crippen LogP contribution is 2.23. The summed E-state index contributed by atoms with van der Waals surface area (Å²) in [6, 6.07) is 10.7. The van der Waals surface area contributed by atoms with Crippen LogP contribution in [0.1, 0.15) is 11.5 Å².